The number of ether oxygens (including phenoxy) is 2. The Morgan fingerprint density at radius 1 is 1.04 bits per heavy atom. The van der Waals surface area contributed by atoms with Crippen LogP contribution in [0.2, 0.25) is 0 Å². The van der Waals surface area contributed by atoms with Gasteiger partial charge < -0.3 is 20.1 Å². The lowest BCUT2D eigenvalue weighted by atomic mass is 10.2. The summed E-state index contributed by atoms with van der Waals surface area (Å²) < 4.78 is 12.0. The molecule has 0 spiro atoms. The molecule has 8 nitrogen and oxygen atoms in total. The van der Waals surface area contributed by atoms with E-state index in [4.69, 9.17) is 9.47 Å². The second-order valence-electron chi connectivity index (χ2n) is 5.83. The van der Waals surface area contributed by atoms with Crippen LogP contribution in [0.4, 0.5) is 5.69 Å². The highest BCUT2D eigenvalue weighted by atomic mass is 16.5. The van der Waals surface area contributed by atoms with Crippen molar-refractivity contribution in [3.05, 3.63) is 66.5 Å². The fraction of sp³-hybridized carbons (Fsp3) is 0.150. The molecule has 0 atom stereocenters. The Morgan fingerprint density at radius 3 is 2.29 bits per heavy atom. The fourth-order valence-corrected chi connectivity index (χ4v) is 2.53. The minimum absolute atomic E-state index is 0.167. The molecular formula is C20H20N4O4. The zero-order valence-electron chi connectivity index (χ0n) is 15.5. The second kappa shape index (κ2) is 8.72. The molecule has 2 aromatic carbocycles. The van der Waals surface area contributed by atoms with Gasteiger partial charge in [0.25, 0.3) is 5.91 Å². The van der Waals surface area contributed by atoms with Crippen LogP contribution in [-0.4, -0.2) is 42.4 Å². The molecule has 1 heterocycles. The van der Waals surface area contributed by atoms with Crippen molar-refractivity contribution < 1.29 is 19.1 Å². The van der Waals surface area contributed by atoms with Crippen molar-refractivity contribution in [3.63, 3.8) is 0 Å². The average Bonchev–Trinajstić information content (AvgIpc) is 3.27. The van der Waals surface area contributed by atoms with Crippen LogP contribution in [0, 0.1) is 0 Å². The van der Waals surface area contributed by atoms with E-state index < -0.39 is 5.91 Å². The summed E-state index contributed by atoms with van der Waals surface area (Å²) in [7, 11) is 3.00. The van der Waals surface area contributed by atoms with Crippen LogP contribution in [-0.2, 0) is 4.79 Å². The van der Waals surface area contributed by atoms with E-state index in [0.29, 0.717) is 22.7 Å². The molecule has 144 valence electrons. The number of rotatable bonds is 7. The van der Waals surface area contributed by atoms with Gasteiger partial charge in [0.2, 0.25) is 5.91 Å². The molecule has 0 fully saturated rings. The van der Waals surface area contributed by atoms with Gasteiger partial charge in [-0.3, -0.25) is 9.59 Å². The normalized spacial score (nSPS) is 10.2. The lowest BCUT2D eigenvalue weighted by Gasteiger charge is -2.10. The highest BCUT2D eigenvalue weighted by Crippen LogP contribution is 2.22. The smallest absolute Gasteiger partial charge is 0.251 e. The van der Waals surface area contributed by atoms with Crippen LogP contribution in [0.5, 0.6) is 11.5 Å². The van der Waals surface area contributed by atoms with E-state index in [1.165, 1.54) is 14.2 Å². The van der Waals surface area contributed by atoms with Crippen molar-refractivity contribution in [1.82, 2.24) is 15.1 Å². The van der Waals surface area contributed by atoms with Crippen molar-refractivity contribution in [2.45, 2.75) is 0 Å². The fourth-order valence-electron chi connectivity index (χ4n) is 2.53. The van der Waals surface area contributed by atoms with Crippen molar-refractivity contribution in [2.24, 2.45) is 0 Å². The van der Waals surface area contributed by atoms with Crippen LogP contribution in [0.25, 0.3) is 5.69 Å². The van der Waals surface area contributed by atoms with E-state index in [1.807, 2.05) is 24.4 Å². The first kappa shape index (κ1) is 19.0. The highest BCUT2D eigenvalue weighted by molar-refractivity contribution is 5.99. The molecule has 2 amide bonds. The average molecular weight is 380 g/mol. The van der Waals surface area contributed by atoms with E-state index in [9.17, 15) is 9.59 Å². The van der Waals surface area contributed by atoms with Crippen LogP contribution in [0.1, 0.15) is 10.4 Å². The highest BCUT2D eigenvalue weighted by Gasteiger charge is 2.11. The number of carbonyl (C=O) groups excluding carboxylic acids is 2. The lowest BCUT2D eigenvalue weighted by Crippen LogP contribution is -2.32. The molecule has 0 aliphatic rings. The van der Waals surface area contributed by atoms with Gasteiger partial charge in [0.05, 0.1) is 26.5 Å². The minimum Gasteiger partial charge on any atom is -0.497 e. The molecule has 28 heavy (non-hydrogen) atoms. The molecule has 8 heteroatoms. The number of nitrogens with zero attached hydrogens (tertiary/aromatic N) is 2. The Morgan fingerprint density at radius 2 is 1.71 bits per heavy atom. The molecule has 0 bridgehead atoms. The Balaban J connectivity index is 1.56. The van der Waals surface area contributed by atoms with Crippen molar-refractivity contribution in [2.75, 3.05) is 26.1 Å². The van der Waals surface area contributed by atoms with Gasteiger partial charge >= 0.3 is 0 Å². The number of aromatic nitrogens is 2. The summed E-state index contributed by atoms with van der Waals surface area (Å²) in [6.07, 6.45) is 3.52. The number of nitrogens with one attached hydrogen (secondary N) is 2. The molecule has 0 radical (unpaired) electrons. The predicted molar refractivity (Wildman–Crippen MR) is 104 cm³/mol. The van der Waals surface area contributed by atoms with E-state index in [2.05, 4.69) is 15.7 Å². The third-order valence-electron chi connectivity index (χ3n) is 3.94. The predicted octanol–water partition coefficient (Wildman–Crippen LogP) is 2.26. The quantitative estimate of drug-likeness (QED) is 0.656. The maximum atomic E-state index is 12.3. The lowest BCUT2D eigenvalue weighted by molar-refractivity contribution is -0.115. The molecule has 2 N–H and O–H groups in total. The van der Waals surface area contributed by atoms with Crippen molar-refractivity contribution in [3.8, 4) is 17.2 Å². The summed E-state index contributed by atoms with van der Waals surface area (Å²) in [5.74, 6) is 0.244. The largest absolute Gasteiger partial charge is 0.497 e. The molecular weight excluding hydrogens is 360 g/mol. The summed E-state index contributed by atoms with van der Waals surface area (Å²) in [5, 5.41) is 9.46. The summed E-state index contributed by atoms with van der Waals surface area (Å²) >= 11 is 0. The van der Waals surface area contributed by atoms with Gasteiger partial charge in [-0.2, -0.15) is 5.10 Å². The molecule has 3 rings (SSSR count). The maximum absolute atomic E-state index is 12.3. The third kappa shape index (κ3) is 4.67. The molecule has 3 aromatic rings. The summed E-state index contributed by atoms with van der Waals surface area (Å²) in [6, 6.07) is 13.8. The van der Waals surface area contributed by atoms with Gasteiger partial charge in [-0.05, 0) is 42.5 Å². The number of hydrogen-bond acceptors (Lipinski definition) is 5. The van der Waals surface area contributed by atoms with E-state index in [0.717, 1.165) is 5.69 Å². The summed E-state index contributed by atoms with van der Waals surface area (Å²) in [6.45, 7) is -0.167. The Bertz CT molecular complexity index is 931. The van der Waals surface area contributed by atoms with Gasteiger partial charge in [-0.15, -0.1) is 0 Å². The summed E-state index contributed by atoms with van der Waals surface area (Å²) in [5.41, 5.74) is 1.84. The Labute approximate surface area is 162 Å². The Kier molecular flexibility index (Phi) is 5.91. The Hall–Kier alpha value is -3.81. The van der Waals surface area contributed by atoms with Crippen LogP contribution in [0.3, 0.4) is 0 Å². The zero-order valence-corrected chi connectivity index (χ0v) is 15.5. The van der Waals surface area contributed by atoms with Crippen LogP contribution >= 0.6 is 0 Å². The standard InChI is InChI=1S/C20H20N4O4/c1-27-17-10-14(11-18(12-17)28-2)20(26)21-13-19(25)23-15-4-6-16(7-5-15)24-9-3-8-22-24/h3-12H,13H2,1-2H3,(H,21,26)(H,23,25). The number of carbonyl (C=O) groups is 2. The number of anilines is 1. The number of amides is 2. The van der Waals surface area contributed by atoms with E-state index >= 15 is 0 Å². The number of hydrogen-bond donors (Lipinski definition) is 2. The molecule has 0 saturated carbocycles. The van der Waals surface area contributed by atoms with Gasteiger partial charge in [0.1, 0.15) is 11.5 Å². The minimum atomic E-state index is -0.401. The summed E-state index contributed by atoms with van der Waals surface area (Å²) in [4.78, 5) is 24.4. The third-order valence-corrected chi connectivity index (χ3v) is 3.94. The monoisotopic (exact) mass is 380 g/mol. The maximum Gasteiger partial charge on any atom is 0.251 e. The van der Waals surface area contributed by atoms with E-state index in [1.54, 1.807) is 41.2 Å². The molecule has 0 aliphatic carbocycles. The van der Waals surface area contributed by atoms with Crippen molar-refractivity contribution >= 4 is 17.5 Å². The van der Waals surface area contributed by atoms with Gasteiger partial charge in [-0.1, -0.05) is 0 Å². The van der Waals surface area contributed by atoms with E-state index in [-0.39, 0.29) is 12.5 Å². The topological polar surface area (TPSA) is 94.5 Å². The first-order valence-corrected chi connectivity index (χ1v) is 8.50. The van der Waals surface area contributed by atoms with Crippen molar-refractivity contribution in [1.29, 1.82) is 0 Å². The number of benzene rings is 2. The molecule has 1 aromatic heterocycles. The van der Waals surface area contributed by atoms with Gasteiger partial charge in [0, 0.05) is 29.7 Å². The zero-order chi connectivity index (χ0) is 19.9. The van der Waals surface area contributed by atoms with Gasteiger partial charge in [0.15, 0.2) is 0 Å². The molecule has 0 saturated heterocycles. The molecule has 0 unspecified atom stereocenters. The number of methoxy groups -OCH3 is 2. The van der Waals surface area contributed by atoms with Crippen LogP contribution in [0.15, 0.2) is 60.9 Å². The SMILES string of the molecule is COc1cc(OC)cc(C(=O)NCC(=O)Nc2ccc(-n3cccn3)cc2)c1. The first-order chi connectivity index (χ1) is 13.6. The first-order valence-electron chi connectivity index (χ1n) is 8.50. The second-order valence-corrected chi connectivity index (χ2v) is 5.83. The van der Waals surface area contributed by atoms with Gasteiger partial charge in [-0.25, -0.2) is 4.68 Å². The molecule has 0 aliphatic heterocycles. The van der Waals surface area contributed by atoms with Crippen LogP contribution < -0.4 is 20.1 Å².